The summed E-state index contributed by atoms with van der Waals surface area (Å²) in [6.45, 7) is 3.58. The van der Waals surface area contributed by atoms with E-state index in [1.807, 2.05) is 0 Å². The number of benzene rings is 1. The van der Waals surface area contributed by atoms with Gasteiger partial charge in [-0.05, 0) is 24.6 Å². The average Bonchev–Trinajstić information content (AvgIpc) is 2.42. The Bertz CT molecular complexity index is 542. The number of hydrogen-bond donors (Lipinski definition) is 3. The Morgan fingerprint density at radius 2 is 1.86 bits per heavy atom. The van der Waals surface area contributed by atoms with Crippen LogP contribution >= 0.6 is 0 Å². The molecule has 0 heterocycles. The zero-order chi connectivity index (χ0) is 15.8. The number of aromatic carboxylic acids is 1. The highest BCUT2D eigenvalue weighted by molar-refractivity contribution is 5.88. The van der Waals surface area contributed by atoms with E-state index in [0.29, 0.717) is 18.8 Å². The summed E-state index contributed by atoms with van der Waals surface area (Å²) in [5.74, 6) is -1.21. The molecule has 0 saturated heterocycles. The summed E-state index contributed by atoms with van der Waals surface area (Å²) in [6, 6.07) is 4.47. The highest BCUT2D eigenvalue weighted by atomic mass is 16.5. The maximum absolute atomic E-state index is 11.5. The van der Waals surface area contributed by atoms with E-state index in [2.05, 4.69) is 10.6 Å². The first-order valence-corrected chi connectivity index (χ1v) is 6.38. The number of amides is 2. The highest BCUT2D eigenvalue weighted by Crippen LogP contribution is 2.19. The van der Waals surface area contributed by atoms with Gasteiger partial charge in [0, 0.05) is 20.0 Å². The summed E-state index contributed by atoms with van der Waals surface area (Å²) >= 11 is 0. The summed E-state index contributed by atoms with van der Waals surface area (Å²) in [5, 5.41) is 14.0. The van der Waals surface area contributed by atoms with Gasteiger partial charge in [-0.1, -0.05) is 6.07 Å². The van der Waals surface area contributed by atoms with Gasteiger partial charge in [0.15, 0.2) is 6.61 Å². The lowest BCUT2D eigenvalue weighted by atomic mass is 10.1. The fourth-order valence-electron chi connectivity index (χ4n) is 1.52. The van der Waals surface area contributed by atoms with Crippen LogP contribution < -0.4 is 15.4 Å². The Balaban J connectivity index is 2.44. The van der Waals surface area contributed by atoms with Crippen molar-refractivity contribution in [3.63, 3.8) is 0 Å². The molecular formula is C14H18N2O5. The Labute approximate surface area is 122 Å². The third-order valence-corrected chi connectivity index (χ3v) is 2.61. The summed E-state index contributed by atoms with van der Waals surface area (Å²) in [5.41, 5.74) is 0.840. The second-order valence-corrected chi connectivity index (χ2v) is 4.41. The second-order valence-electron chi connectivity index (χ2n) is 4.41. The third-order valence-electron chi connectivity index (χ3n) is 2.61. The van der Waals surface area contributed by atoms with Gasteiger partial charge in [-0.2, -0.15) is 0 Å². The van der Waals surface area contributed by atoms with Crippen molar-refractivity contribution < 1.29 is 24.2 Å². The van der Waals surface area contributed by atoms with Crippen molar-refractivity contribution in [1.29, 1.82) is 0 Å². The van der Waals surface area contributed by atoms with Gasteiger partial charge in [0.05, 0.1) is 5.56 Å². The number of hydrogen-bond acceptors (Lipinski definition) is 4. The Morgan fingerprint density at radius 1 is 1.19 bits per heavy atom. The smallest absolute Gasteiger partial charge is 0.335 e. The number of aryl methyl sites for hydroxylation is 1. The molecule has 7 nitrogen and oxygen atoms in total. The number of carbonyl (C=O) groups excluding carboxylic acids is 2. The SMILES string of the molecule is CC(=O)NCCNC(=O)COc1cc(C(=O)O)ccc1C. The summed E-state index contributed by atoms with van der Waals surface area (Å²) in [7, 11) is 0. The number of carboxylic acid groups (broad SMARTS) is 1. The van der Waals surface area contributed by atoms with Crippen molar-refractivity contribution in [3.8, 4) is 5.75 Å². The van der Waals surface area contributed by atoms with Gasteiger partial charge in [-0.15, -0.1) is 0 Å². The van der Waals surface area contributed by atoms with Crippen LogP contribution in [0.2, 0.25) is 0 Å². The van der Waals surface area contributed by atoms with Crippen LogP contribution in [0, 0.1) is 6.92 Å². The minimum Gasteiger partial charge on any atom is -0.483 e. The van der Waals surface area contributed by atoms with Gasteiger partial charge in [0.25, 0.3) is 5.91 Å². The van der Waals surface area contributed by atoms with E-state index in [4.69, 9.17) is 9.84 Å². The van der Waals surface area contributed by atoms with Gasteiger partial charge < -0.3 is 20.5 Å². The molecule has 114 valence electrons. The predicted octanol–water partition coefficient (Wildman–Crippen LogP) is 0.324. The lowest BCUT2D eigenvalue weighted by Gasteiger charge is -2.10. The molecule has 0 aromatic heterocycles. The molecule has 1 rings (SSSR count). The average molecular weight is 294 g/mol. The van der Waals surface area contributed by atoms with Gasteiger partial charge in [-0.25, -0.2) is 4.79 Å². The molecule has 0 atom stereocenters. The topological polar surface area (TPSA) is 105 Å². The maximum atomic E-state index is 11.5. The number of ether oxygens (including phenoxy) is 1. The van der Waals surface area contributed by atoms with Crippen LogP contribution in [0.15, 0.2) is 18.2 Å². The van der Waals surface area contributed by atoms with Crippen molar-refractivity contribution in [2.24, 2.45) is 0 Å². The molecule has 21 heavy (non-hydrogen) atoms. The molecule has 1 aromatic carbocycles. The molecule has 3 N–H and O–H groups in total. The molecule has 0 bridgehead atoms. The van der Waals surface area contributed by atoms with Gasteiger partial charge >= 0.3 is 5.97 Å². The van der Waals surface area contributed by atoms with E-state index in [-0.39, 0.29) is 24.0 Å². The maximum Gasteiger partial charge on any atom is 0.335 e. The largest absolute Gasteiger partial charge is 0.483 e. The fourth-order valence-corrected chi connectivity index (χ4v) is 1.52. The van der Waals surface area contributed by atoms with E-state index in [0.717, 1.165) is 5.56 Å². The van der Waals surface area contributed by atoms with Crippen molar-refractivity contribution >= 4 is 17.8 Å². The molecule has 0 saturated carbocycles. The molecule has 0 aliphatic rings. The van der Waals surface area contributed by atoms with Crippen LogP contribution in [0.4, 0.5) is 0 Å². The van der Waals surface area contributed by atoms with Gasteiger partial charge in [-0.3, -0.25) is 9.59 Å². The van der Waals surface area contributed by atoms with Gasteiger partial charge in [0.1, 0.15) is 5.75 Å². The van der Waals surface area contributed by atoms with Crippen LogP contribution in [-0.4, -0.2) is 42.6 Å². The van der Waals surface area contributed by atoms with Crippen LogP contribution in [0.1, 0.15) is 22.8 Å². The predicted molar refractivity (Wildman–Crippen MR) is 75.3 cm³/mol. The second kappa shape index (κ2) is 7.88. The first-order valence-electron chi connectivity index (χ1n) is 6.38. The molecule has 0 fully saturated rings. The summed E-state index contributed by atoms with van der Waals surface area (Å²) in [6.07, 6.45) is 0. The van der Waals surface area contributed by atoms with Crippen molar-refractivity contribution in [2.75, 3.05) is 19.7 Å². The third kappa shape index (κ3) is 5.94. The molecule has 7 heteroatoms. The molecule has 1 aromatic rings. The number of rotatable bonds is 7. The summed E-state index contributed by atoms with van der Waals surface area (Å²) < 4.78 is 5.30. The van der Waals surface area contributed by atoms with E-state index in [1.165, 1.54) is 19.1 Å². The van der Waals surface area contributed by atoms with Crippen LogP contribution in [0.5, 0.6) is 5.75 Å². The first-order chi connectivity index (χ1) is 9.90. The van der Waals surface area contributed by atoms with Crippen LogP contribution in [-0.2, 0) is 9.59 Å². The molecule has 0 radical (unpaired) electrons. The minimum atomic E-state index is -1.06. The van der Waals surface area contributed by atoms with E-state index in [1.54, 1.807) is 13.0 Å². The number of nitrogens with one attached hydrogen (secondary N) is 2. The van der Waals surface area contributed by atoms with Crippen LogP contribution in [0.3, 0.4) is 0 Å². The monoisotopic (exact) mass is 294 g/mol. The Hall–Kier alpha value is -2.57. The summed E-state index contributed by atoms with van der Waals surface area (Å²) in [4.78, 5) is 33.0. The lowest BCUT2D eigenvalue weighted by molar-refractivity contribution is -0.123. The normalized spacial score (nSPS) is 9.81. The molecule has 2 amide bonds. The zero-order valence-electron chi connectivity index (χ0n) is 11.9. The first kappa shape index (κ1) is 16.5. The van der Waals surface area contributed by atoms with Gasteiger partial charge in [0.2, 0.25) is 5.91 Å². The lowest BCUT2D eigenvalue weighted by Crippen LogP contribution is -2.36. The fraction of sp³-hybridized carbons (Fsp3) is 0.357. The molecular weight excluding hydrogens is 276 g/mol. The van der Waals surface area contributed by atoms with Crippen molar-refractivity contribution in [2.45, 2.75) is 13.8 Å². The van der Waals surface area contributed by atoms with E-state index >= 15 is 0 Å². The standard InChI is InChI=1S/C14H18N2O5/c1-9-3-4-11(14(19)20)7-12(9)21-8-13(18)16-6-5-15-10(2)17/h3-4,7H,5-6,8H2,1-2H3,(H,15,17)(H,16,18)(H,19,20). The van der Waals surface area contributed by atoms with Crippen molar-refractivity contribution in [1.82, 2.24) is 10.6 Å². The molecule has 0 aliphatic heterocycles. The number of carbonyl (C=O) groups is 3. The van der Waals surface area contributed by atoms with E-state index < -0.39 is 5.97 Å². The molecule has 0 spiro atoms. The molecule has 0 aliphatic carbocycles. The molecule has 0 unspecified atom stereocenters. The van der Waals surface area contributed by atoms with Crippen molar-refractivity contribution in [3.05, 3.63) is 29.3 Å². The zero-order valence-corrected chi connectivity index (χ0v) is 11.9. The quantitative estimate of drug-likeness (QED) is 0.628. The Kier molecular flexibility index (Phi) is 6.19. The highest BCUT2D eigenvalue weighted by Gasteiger charge is 2.09. The number of carboxylic acids is 1. The van der Waals surface area contributed by atoms with E-state index in [9.17, 15) is 14.4 Å². The van der Waals surface area contributed by atoms with Crippen LogP contribution in [0.25, 0.3) is 0 Å². The minimum absolute atomic E-state index is 0.0988. The Morgan fingerprint density at radius 3 is 2.48 bits per heavy atom.